The summed E-state index contributed by atoms with van der Waals surface area (Å²) in [4.78, 5) is 12.3. The lowest BCUT2D eigenvalue weighted by Crippen LogP contribution is -2.18. The molecule has 0 N–H and O–H groups in total. The Morgan fingerprint density at radius 1 is 1.17 bits per heavy atom. The van der Waals surface area contributed by atoms with Crippen LogP contribution in [0.15, 0.2) is 36.1 Å². The molecule has 0 atom stereocenters. The molecule has 23 heavy (non-hydrogen) atoms. The van der Waals surface area contributed by atoms with Gasteiger partial charge in [0, 0.05) is 48.8 Å². The SMILES string of the molecule is CCn1ncc(CN(C)Cc2cnc(-c3cccs3)nc2)c1C. The highest BCUT2D eigenvalue weighted by Crippen LogP contribution is 2.20. The molecule has 0 aliphatic carbocycles. The van der Waals surface area contributed by atoms with Crippen molar-refractivity contribution in [3.63, 3.8) is 0 Å². The number of aryl methyl sites for hydroxylation is 1. The summed E-state index contributed by atoms with van der Waals surface area (Å²) in [6.45, 7) is 6.84. The minimum atomic E-state index is 0.798. The summed E-state index contributed by atoms with van der Waals surface area (Å²) >= 11 is 1.66. The van der Waals surface area contributed by atoms with Gasteiger partial charge >= 0.3 is 0 Å². The van der Waals surface area contributed by atoms with Crippen LogP contribution in [0, 0.1) is 6.92 Å². The van der Waals surface area contributed by atoms with Crippen LogP contribution in [0.3, 0.4) is 0 Å². The highest BCUT2D eigenvalue weighted by Gasteiger charge is 2.09. The van der Waals surface area contributed by atoms with Crippen molar-refractivity contribution < 1.29 is 0 Å². The van der Waals surface area contributed by atoms with E-state index in [-0.39, 0.29) is 0 Å². The lowest BCUT2D eigenvalue weighted by atomic mass is 10.2. The topological polar surface area (TPSA) is 46.8 Å². The maximum Gasteiger partial charge on any atom is 0.169 e. The largest absolute Gasteiger partial charge is 0.298 e. The molecule has 0 bridgehead atoms. The minimum absolute atomic E-state index is 0.798. The van der Waals surface area contributed by atoms with Crippen molar-refractivity contribution in [2.24, 2.45) is 0 Å². The van der Waals surface area contributed by atoms with Gasteiger partial charge in [-0.15, -0.1) is 11.3 Å². The van der Waals surface area contributed by atoms with Crippen LogP contribution >= 0.6 is 11.3 Å². The fourth-order valence-corrected chi connectivity index (χ4v) is 3.26. The average molecular weight is 327 g/mol. The molecule has 0 saturated carbocycles. The molecule has 3 aromatic rings. The Labute approximate surface area is 140 Å². The summed E-state index contributed by atoms with van der Waals surface area (Å²) in [6, 6.07) is 4.06. The van der Waals surface area contributed by atoms with E-state index in [1.54, 1.807) is 11.3 Å². The first kappa shape index (κ1) is 15.8. The van der Waals surface area contributed by atoms with Crippen LogP contribution in [0.25, 0.3) is 10.7 Å². The molecule has 3 aromatic heterocycles. The van der Waals surface area contributed by atoms with Gasteiger partial charge in [-0.1, -0.05) is 6.07 Å². The monoisotopic (exact) mass is 327 g/mol. The molecular formula is C17H21N5S. The first-order valence-electron chi connectivity index (χ1n) is 7.72. The van der Waals surface area contributed by atoms with Crippen LogP contribution in [-0.2, 0) is 19.6 Å². The summed E-state index contributed by atoms with van der Waals surface area (Å²) in [5.41, 5.74) is 3.63. The fraction of sp³-hybridized carbons (Fsp3) is 0.353. The molecule has 3 heterocycles. The molecular weight excluding hydrogens is 306 g/mol. The van der Waals surface area contributed by atoms with Crippen molar-refractivity contribution in [1.82, 2.24) is 24.6 Å². The summed E-state index contributed by atoms with van der Waals surface area (Å²) in [7, 11) is 2.11. The number of aromatic nitrogens is 4. The molecule has 0 aliphatic rings. The van der Waals surface area contributed by atoms with Crippen molar-refractivity contribution >= 4 is 11.3 Å². The summed E-state index contributed by atoms with van der Waals surface area (Å²) < 4.78 is 2.03. The first-order chi connectivity index (χ1) is 11.2. The second-order valence-corrected chi connectivity index (χ2v) is 6.58. The smallest absolute Gasteiger partial charge is 0.169 e. The van der Waals surface area contributed by atoms with Gasteiger partial charge in [-0.3, -0.25) is 9.58 Å². The zero-order valence-corrected chi connectivity index (χ0v) is 14.5. The molecule has 6 heteroatoms. The van der Waals surface area contributed by atoms with Crippen molar-refractivity contribution in [3.05, 3.63) is 52.9 Å². The van der Waals surface area contributed by atoms with Crippen molar-refractivity contribution in [2.75, 3.05) is 7.05 Å². The van der Waals surface area contributed by atoms with Crippen LogP contribution < -0.4 is 0 Å². The van der Waals surface area contributed by atoms with E-state index in [2.05, 4.69) is 40.9 Å². The maximum atomic E-state index is 4.47. The Morgan fingerprint density at radius 2 is 1.96 bits per heavy atom. The fourth-order valence-electron chi connectivity index (χ4n) is 2.59. The summed E-state index contributed by atoms with van der Waals surface area (Å²) in [6.07, 6.45) is 5.80. The number of hydrogen-bond donors (Lipinski definition) is 0. The lowest BCUT2D eigenvalue weighted by molar-refractivity contribution is 0.317. The number of hydrogen-bond acceptors (Lipinski definition) is 5. The molecule has 0 saturated heterocycles. The van der Waals surface area contributed by atoms with Crippen LogP contribution in [-0.4, -0.2) is 31.7 Å². The number of rotatable bonds is 6. The molecule has 0 aromatic carbocycles. The highest BCUT2D eigenvalue weighted by atomic mass is 32.1. The number of thiophene rings is 1. The third-order valence-corrected chi connectivity index (χ3v) is 4.71. The molecule has 0 radical (unpaired) electrons. The van der Waals surface area contributed by atoms with E-state index in [9.17, 15) is 0 Å². The van der Waals surface area contributed by atoms with E-state index in [1.165, 1.54) is 11.3 Å². The van der Waals surface area contributed by atoms with Crippen LogP contribution in [0.2, 0.25) is 0 Å². The zero-order valence-electron chi connectivity index (χ0n) is 13.7. The van der Waals surface area contributed by atoms with Crippen LogP contribution in [0.4, 0.5) is 0 Å². The lowest BCUT2D eigenvalue weighted by Gasteiger charge is -2.16. The van der Waals surface area contributed by atoms with Gasteiger partial charge in [0.1, 0.15) is 0 Å². The van der Waals surface area contributed by atoms with Crippen molar-refractivity contribution in [3.8, 4) is 10.7 Å². The molecule has 0 unspecified atom stereocenters. The van der Waals surface area contributed by atoms with E-state index < -0.39 is 0 Å². The Hall–Kier alpha value is -2.05. The third kappa shape index (κ3) is 3.65. The second kappa shape index (κ2) is 7.02. The molecule has 5 nitrogen and oxygen atoms in total. The van der Waals surface area contributed by atoms with Gasteiger partial charge in [0.15, 0.2) is 5.82 Å². The van der Waals surface area contributed by atoms with Gasteiger partial charge in [0.2, 0.25) is 0 Å². The van der Waals surface area contributed by atoms with Gasteiger partial charge in [0.25, 0.3) is 0 Å². The van der Waals surface area contributed by atoms with Crippen LogP contribution in [0.1, 0.15) is 23.7 Å². The molecule has 0 aliphatic heterocycles. The predicted molar refractivity (Wildman–Crippen MR) is 93.2 cm³/mol. The Balaban J connectivity index is 1.63. The highest BCUT2D eigenvalue weighted by molar-refractivity contribution is 7.13. The number of nitrogens with zero attached hydrogens (tertiary/aromatic N) is 5. The van der Waals surface area contributed by atoms with Crippen molar-refractivity contribution in [1.29, 1.82) is 0 Å². The Bertz CT molecular complexity index is 746. The Kier molecular flexibility index (Phi) is 4.83. The van der Waals surface area contributed by atoms with E-state index >= 15 is 0 Å². The standard InChI is InChI=1S/C17H21N5S/c1-4-22-13(2)15(10-20-22)12-21(3)11-14-8-18-17(19-9-14)16-6-5-7-23-16/h5-10H,4,11-12H2,1-3H3. The molecule has 120 valence electrons. The third-order valence-electron chi connectivity index (χ3n) is 3.84. The van der Waals surface area contributed by atoms with E-state index in [0.29, 0.717) is 0 Å². The van der Waals surface area contributed by atoms with E-state index in [1.807, 2.05) is 40.8 Å². The second-order valence-electron chi connectivity index (χ2n) is 5.64. The first-order valence-corrected chi connectivity index (χ1v) is 8.60. The van der Waals surface area contributed by atoms with E-state index in [4.69, 9.17) is 0 Å². The Morgan fingerprint density at radius 3 is 2.57 bits per heavy atom. The van der Waals surface area contributed by atoms with Crippen LogP contribution in [0.5, 0.6) is 0 Å². The maximum absolute atomic E-state index is 4.47. The minimum Gasteiger partial charge on any atom is -0.298 e. The summed E-state index contributed by atoms with van der Waals surface area (Å²) in [5, 5.41) is 6.44. The van der Waals surface area contributed by atoms with Gasteiger partial charge in [-0.2, -0.15) is 5.10 Å². The molecule has 0 amide bonds. The zero-order chi connectivity index (χ0) is 16.2. The average Bonchev–Trinajstić information content (AvgIpc) is 3.19. The molecule has 0 spiro atoms. The van der Waals surface area contributed by atoms with E-state index in [0.717, 1.165) is 35.9 Å². The molecule has 3 rings (SSSR count). The van der Waals surface area contributed by atoms with Gasteiger partial charge < -0.3 is 0 Å². The predicted octanol–water partition coefficient (Wildman–Crippen LogP) is 3.36. The quantitative estimate of drug-likeness (QED) is 0.696. The normalized spacial score (nSPS) is 11.3. The van der Waals surface area contributed by atoms with Gasteiger partial charge in [-0.25, -0.2) is 9.97 Å². The van der Waals surface area contributed by atoms with Gasteiger partial charge in [-0.05, 0) is 32.3 Å². The molecule has 0 fully saturated rings. The van der Waals surface area contributed by atoms with Gasteiger partial charge in [0.05, 0.1) is 11.1 Å². The summed E-state index contributed by atoms with van der Waals surface area (Å²) in [5.74, 6) is 0.798. The van der Waals surface area contributed by atoms with Crippen molar-refractivity contribution in [2.45, 2.75) is 33.5 Å².